The number of benzene rings is 1. The molecule has 4 aromatic rings. The van der Waals surface area contributed by atoms with E-state index in [0.29, 0.717) is 30.9 Å². The highest BCUT2D eigenvalue weighted by molar-refractivity contribution is 5.75. The minimum absolute atomic E-state index is 0.0210. The van der Waals surface area contributed by atoms with E-state index in [1.807, 2.05) is 61.9 Å². The molecule has 0 spiro atoms. The number of aryl methyl sites for hydroxylation is 1. The number of ether oxygens (including phenoxy) is 2. The van der Waals surface area contributed by atoms with Crippen molar-refractivity contribution in [1.82, 2.24) is 30.0 Å². The first-order valence-electron chi connectivity index (χ1n) is 12.7. The molecule has 3 aromatic heterocycles. The Kier molecular flexibility index (Phi) is 7.53. The highest BCUT2D eigenvalue weighted by atomic mass is 16.7. The third kappa shape index (κ3) is 5.45. The van der Waals surface area contributed by atoms with Gasteiger partial charge < -0.3 is 25.5 Å². The van der Waals surface area contributed by atoms with E-state index in [1.165, 1.54) is 0 Å². The Labute approximate surface area is 225 Å². The fraction of sp³-hybridized carbons (Fsp3) is 0.321. The summed E-state index contributed by atoms with van der Waals surface area (Å²) in [5.74, 6) is 0.147. The van der Waals surface area contributed by atoms with E-state index >= 15 is 0 Å². The molecule has 2 unspecified atom stereocenters. The van der Waals surface area contributed by atoms with Gasteiger partial charge in [0.2, 0.25) is 11.9 Å². The molecule has 0 saturated carbocycles. The maximum atomic E-state index is 11.6. The van der Waals surface area contributed by atoms with Gasteiger partial charge in [-0.05, 0) is 24.1 Å². The van der Waals surface area contributed by atoms with Crippen LogP contribution in [0.4, 0.5) is 5.95 Å². The van der Waals surface area contributed by atoms with Crippen LogP contribution in [-0.4, -0.2) is 58.1 Å². The number of nitrogen functional groups attached to an aromatic ring is 1. The average molecular weight is 529 g/mol. The standard InChI is InChI=1S/C28H32N8O3/c1-28(39-17-38-3,20-7-5-4-6-8-20)24-12-23(34-27(29)35-24)22-15-32-26-21(22)11-18(13-31-26)19-14-33-36(16-19)10-9-25(37)30-2/h4-8,11-12,14-16,18H,9-10,13,17H2,1-3H3,(H,30,37)(H,31,32)(H2,29,34,35). The van der Waals surface area contributed by atoms with Gasteiger partial charge in [-0.25, -0.2) is 9.97 Å². The van der Waals surface area contributed by atoms with Crippen LogP contribution in [0, 0.1) is 0 Å². The van der Waals surface area contributed by atoms with Gasteiger partial charge in [-0.2, -0.15) is 5.10 Å². The molecule has 202 valence electrons. The monoisotopic (exact) mass is 528 g/mol. The van der Waals surface area contributed by atoms with Crippen molar-refractivity contribution < 1.29 is 14.3 Å². The zero-order chi connectivity index (χ0) is 27.4. The second kappa shape index (κ2) is 11.2. The van der Waals surface area contributed by atoms with Crippen LogP contribution < -0.4 is 21.8 Å². The highest BCUT2D eigenvalue weighted by Crippen LogP contribution is 2.34. The Morgan fingerprint density at radius 3 is 2.87 bits per heavy atom. The van der Waals surface area contributed by atoms with Crippen molar-refractivity contribution in [3.8, 4) is 11.3 Å². The van der Waals surface area contributed by atoms with Gasteiger partial charge in [0.15, 0.2) is 0 Å². The van der Waals surface area contributed by atoms with Crippen molar-refractivity contribution in [1.29, 1.82) is 0 Å². The lowest BCUT2D eigenvalue weighted by atomic mass is 9.91. The molecule has 1 aliphatic heterocycles. The number of carbonyl (C=O) groups excluding carboxylic acids is 1. The summed E-state index contributed by atoms with van der Waals surface area (Å²) in [7, 11) is 3.21. The summed E-state index contributed by atoms with van der Waals surface area (Å²) < 4.78 is 13.2. The Morgan fingerprint density at radius 1 is 1.28 bits per heavy atom. The maximum absolute atomic E-state index is 11.6. The van der Waals surface area contributed by atoms with Gasteiger partial charge >= 0.3 is 0 Å². The van der Waals surface area contributed by atoms with Crippen molar-refractivity contribution in [2.75, 3.05) is 33.2 Å². The van der Waals surface area contributed by atoms with Gasteiger partial charge in [0.05, 0.1) is 24.1 Å². The van der Waals surface area contributed by atoms with Crippen LogP contribution >= 0.6 is 0 Å². The number of amides is 1. The molecule has 4 heterocycles. The van der Waals surface area contributed by atoms with E-state index in [9.17, 15) is 4.79 Å². The first kappa shape index (κ1) is 26.3. The van der Waals surface area contributed by atoms with Gasteiger partial charge in [-0.1, -0.05) is 36.4 Å². The fourth-order valence-corrected chi connectivity index (χ4v) is 4.70. The number of aromatic nitrogens is 5. The fourth-order valence-electron chi connectivity index (χ4n) is 4.70. The molecule has 4 N–H and O–H groups in total. The molecule has 1 aliphatic rings. The Hall–Kier alpha value is -4.35. The number of nitrogens with one attached hydrogen (secondary N) is 2. The Bertz CT molecular complexity index is 1580. The number of H-pyrrole nitrogens is 1. The van der Waals surface area contributed by atoms with Crippen LogP contribution in [0.25, 0.3) is 17.3 Å². The van der Waals surface area contributed by atoms with Crippen molar-refractivity contribution >= 4 is 17.9 Å². The van der Waals surface area contributed by atoms with E-state index in [1.54, 1.807) is 18.8 Å². The second-order valence-corrected chi connectivity index (χ2v) is 9.49. The summed E-state index contributed by atoms with van der Waals surface area (Å²) in [4.78, 5) is 28.8. The number of carbonyl (C=O) groups is 1. The molecule has 1 aromatic carbocycles. The molecule has 0 saturated heterocycles. The molecule has 0 bridgehead atoms. The van der Waals surface area contributed by atoms with E-state index in [-0.39, 0.29) is 24.6 Å². The Morgan fingerprint density at radius 2 is 2.10 bits per heavy atom. The van der Waals surface area contributed by atoms with Crippen LogP contribution in [0.2, 0.25) is 0 Å². The molecule has 0 fully saturated rings. The smallest absolute Gasteiger partial charge is 0.221 e. The summed E-state index contributed by atoms with van der Waals surface area (Å²) in [6, 6.07) is 11.7. The normalized spacial score (nSPS) is 16.0. The van der Waals surface area contributed by atoms with Gasteiger partial charge in [0.1, 0.15) is 17.9 Å². The number of hydrogen-bond donors (Lipinski definition) is 3. The molecule has 39 heavy (non-hydrogen) atoms. The molecule has 5 rings (SSSR count). The number of aromatic amines is 1. The lowest BCUT2D eigenvalue weighted by molar-refractivity contribution is -0.120. The van der Waals surface area contributed by atoms with Crippen LogP contribution in [0.1, 0.15) is 36.1 Å². The van der Waals surface area contributed by atoms with Crippen LogP contribution in [-0.2, 0) is 26.4 Å². The summed E-state index contributed by atoms with van der Waals surface area (Å²) >= 11 is 0. The molecule has 0 radical (unpaired) electrons. The highest BCUT2D eigenvalue weighted by Gasteiger charge is 2.33. The quantitative estimate of drug-likeness (QED) is 0.264. The topological polar surface area (TPSA) is 145 Å². The molecule has 2 atom stereocenters. The van der Waals surface area contributed by atoms with Crippen LogP contribution in [0.5, 0.6) is 0 Å². The molecule has 11 nitrogen and oxygen atoms in total. The van der Waals surface area contributed by atoms with Crippen molar-refractivity contribution in [2.24, 2.45) is 4.99 Å². The van der Waals surface area contributed by atoms with E-state index in [2.05, 4.69) is 31.4 Å². The van der Waals surface area contributed by atoms with Gasteiger partial charge in [0.25, 0.3) is 0 Å². The Balaban J connectivity index is 1.51. The van der Waals surface area contributed by atoms with E-state index in [0.717, 1.165) is 27.4 Å². The van der Waals surface area contributed by atoms with Crippen LogP contribution in [0.15, 0.2) is 60.0 Å². The first-order valence-corrected chi connectivity index (χ1v) is 12.7. The summed E-state index contributed by atoms with van der Waals surface area (Å²) in [5, 5.41) is 8.00. The first-order chi connectivity index (χ1) is 18.9. The molecule has 0 aliphatic carbocycles. The summed E-state index contributed by atoms with van der Waals surface area (Å²) in [6.45, 7) is 3.12. The molecule has 11 heteroatoms. The number of nitrogens with zero attached hydrogens (tertiary/aromatic N) is 5. The predicted octanol–water partition coefficient (Wildman–Crippen LogP) is 1.47. The predicted molar refractivity (Wildman–Crippen MR) is 146 cm³/mol. The average Bonchev–Trinajstić information content (AvgIpc) is 3.61. The lowest BCUT2D eigenvalue weighted by Crippen LogP contribution is -2.31. The van der Waals surface area contributed by atoms with Gasteiger partial charge in [-0.3, -0.25) is 14.5 Å². The summed E-state index contributed by atoms with van der Waals surface area (Å²) in [6.07, 6.45) is 8.23. The zero-order valence-corrected chi connectivity index (χ0v) is 22.2. The van der Waals surface area contributed by atoms with Crippen molar-refractivity contribution in [3.63, 3.8) is 0 Å². The third-order valence-corrected chi connectivity index (χ3v) is 6.94. The number of methoxy groups -OCH3 is 1. The van der Waals surface area contributed by atoms with Crippen molar-refractivity contribution in [2.45, 2.75) is 31.4 Å². The molecule has 1 amide bonds. The SMILES string of the molecule is CNC(=O)CCn1cc(C2C=c3c(-c4cc(C(C)(OCOC)c5ccccc5)nc(N)n4)c[nH]c3=NC2)cn1. The van der Waals surface area contributed by atoms with E-state index in [4.69, 9.17) is 20.2 Å². The number of hydrogen-bond acceptors (Lipinski definition) is 8. The van der Waals surface area contributed by atoms with Gasteiger partial charge in [0, 0.05) is 56.2 Å². The van der Waals surface area contributed by atoms with Gasteiger partial charge in [-0.15, -0.1) is 0 Å². The van der Waals surface area contributed by atoms with E-state index < -0.39 is 5.60 Å². The summed E-state index contributed by atoms with van der Waals surface area (Å²) in [5.41, 5.74) is 10.2. The number of nitrogens with two attached hydrogens (primary N) is 1. The molecular weight excluding hydrogens is 496 g/mol. The molecular formula is C28H32N8O3. The number of fused-ring (bicyclic) bond motifs is 1. The number of anilines is 1. The van der Waals surface area contributed by atoms with Crippen molar-refractivity contribution in [3.05, 3.63) is 82.5 Å². The lowest BCUT2D eigenvalue weighted by Gasteiger charge is -2.30. The minimum atomic E-state index is -0.917. The minimum Gasteiger partial charge on any atom is -0.368 e. The number of rotatable bonds is 10. The zero-order valence-electron chi connectivity index (χ0n) is 22.2. The van der Waals surface area contributed by atoms with Crippen LogP contribution in [0.3, 0.4) is 0 Å². The third-order valence-electron chi connectivity index (χ3n) is 6.94. The largest absolute Gasteiger partial charge is 0.368 e. The second-order valence-electron chi connectivity index (χ2n) is 9.49. The maximum Gasteiger partial charge on any atom is 0.221 e.